The minimum atomic E-state index is 1.16. The fourth-order valence-electron chi connectivity index (χ4n) is 13.6. The predicted octanol–water partition coefficient (Wildman–Crippen LogP) is 21.5. The molecule has 3 aromatic heterocycles. The zero-order valence-corrected chi connectivity index (χ0v) is 43.7. The molecular formula is C76H46N2S. The first-order valence-corrected chi connectivity index (χ1v) is 28.1. The molecular weight excluding hydrogens is 973 g/mol. The second kappa shape index (κ2) is 17.2. The number of rotatable bonds is 6. The average Bonchev–Trinajstić information content (AvgIpc) is 4.25. The van der Waals surface area contributed by atoms with Gasteiger partial charge in [0.05, 0.1) is 22.1 Å². The van der Waals surface area contributed by atoms with Crippen LogP contribution in [0.3, 0.4) is 0 Å². The van der Waals surface area contributed by atoms with E-state index in [2.05, 4.69) is 288 Å². The first kappa shape index (κ1) is 44.1. The van der Waals surface area contributed by atoms with Gasteiger partial charge < -0.3 is 9.13 Å². The second-order valence-corrected chi connectivity index (χ2v) is 22.1. The first-order valence-electron chi connectivity index (χ1n) is 27.2. The van der Waals surface area contributed by atoms with Gasteiger partial charge >= 0.3 is 0 Å². The number of aromatic nitrogens is 2. The lowest BCUT2D eigenvalue weighted by molar-refractivity contribution is 1.18. The van der Waals surface area contributed by atoms with Crippen molar-refractivity contribution in [1.82, 2.24) is 9.13 Å². The Morgan fingerprint density at radius 1 is 0.190 bits per heavy atom. The smallest absolute Gasteiger partial charge is 0.0547 e. The van der Waals surface area contributed by atoms with Crippen molar-refractivity contribution in [2.75, 3.05) is 0 Å². The number of benzene rings is 14. The summed E-state index contributed by atoms with van der Waals surface area (Å²) >= 11 is 1.89. The molecule has 0 bridgehead atoms. The van der Waals surface area contributed by atoms with Crippen LogP contribution in [0.25, 0.3) is 163 Å². The number of fused-ring (bicyclic) bond motifs is 13. The van der Waals surface area contributed by atoms with E-state index in [1.54, 1.807) is 0 Å². The summed E-state index contributed by atoms with van der Waals surface area (Å²) in [5.74, 6) is 0. The van der Waals surface area contributed by atoms with E-state index in [9.17, 15) is 0 Å². The quantitative estimate of drug-likeness (QED) is 0.147. The summed E-state index contributed by atoms with van der Waals surface area (Å²) in [5.41, 5.74) is 17.1. The van der Waals surface area contributed by atoms with E-state index in [4.69, 9.17) is 0 Å². The maximum absolute atomic E-state index is 2.46. The summed E-state index contributed by atoms with van der Waals surface area (Å²) < 4.78 is 7.42. The third-order valence-corrected chi connectivity index (χ3v) is 18.0. The largest absolute Gasteiger partial charge is 0.309 e. The summed E-state index contributed by atoms with van der Waals surface area (Å²) in [6.07, 6.45) is 0. The number of nitrogens with zero attached hydrogens (tertiary/aromatic N) is 2. The molecule has 3 heteroatoms. The van der Waals surface area contributed by atoms with Crippen LogP contribution in [0, 0.1) is 0 Å². The van der Waals surface area contributed by atoms with E-state index in [-0.39, 0.29) is 0 Å². The number of thiophene rings is 1. The van der Waals surface area contributed by atoms with Crippen LogP contribution in [0.1, 0.15) is 0 Å². The third kappa shape index (κ3) is 6.58. The molecule has 17 aromatic rings. The van der Waals surface area contributed by atoms with Crippen LogP contribution in [0.4, 0.5) is 0 Å². The van der Waals surface area contributed by atoms with Gasteiger partial charge in [-0.15, -0.1) is 11.3 Å². The highest BCUT2D eigenvalue weighted by atomic mass is 32.1. The van der Waals surface area contributed by atoms with Crippen molar-refractivity contribution in [1.29, 1.82) is 0 Å². The van der Waals surface area contributed by atoms with E-state index < -0.39 is 0 Å². The standard InChI is InChI=1S/C76H46N2S/c1-3-19-51(20-4-1)77-67-33-17-15-23-53(67)55-39-35-48(44-69(55)77)74-60-27-9-7-25-58(60)73(59-26-8-10-28-61(59)74)47-38-42-71-66(43-47)57-41-37-50(46-72(57)79-71)76-64-31-13-11-29-62(64)75(63-30-12-14-32-65(63)76)49-36-40-56-54-24-16-18-34-68(54)78(70(56)45-49)52-21-5-2-6-22-52/h1-46H. The van der Waals surface area contributed by atoms with Crippen molar-refractivity contribution >= 4 is 118 Å². The molecule has 0 saturated heterocycles. The molecule has 0 amide bonds. The van der Waals surface area contributed by atoms with Gasteiger partial charge in [0.25, 0.3) is 0 Å². The monoisotopic (exact) mass is 1020 g/mol. The van der Waals surface area contributed by atoms with Crippen LogP contribution in [0.15, 0.2) is 279 Å². The van der Waals surface area contributed by atoms with Crippen molar-refractivity contribution in [3.63, 3.8) is 0 Å². The van der Waals surface area contributed by atoms with E-state index in [0.717, 1.165) is 11.4 Å². The lowest BCUT2D eigenvalue weighted by atomic mass is 9.85. The zero-order chi connectivity index (χ0) is 51.7. The molecule has 0 N–H and O–H groups in total. The third-order valence-electron chi connectivity index (χ3n) is 16.9. The van der Waals surface area contributed by atoms with Gasteiger partial charge in [0.1, 0.15) is 0 Å². The molecule has 0 aliphatic heterocycles. The van der Waals surface area contributed by atoms with E-state index in [0.29, 0.717) is 0 Å². The first-order chi connectivity index (χ1) is 39.2. The van der Waals surface area contributed by atoms with Gasteiger partial charge in [-0.2, -0.15) is 0 Å². The average molecular weight is 1020 g/mol. The Morgan fingerprint density at radius 2 is 0.494 bits per heavy atom. The molecule has 0 saturated carbocycles. The Kier molecular flexibility index (Phi) is 9.62. The summed E-state index contributed by atoms with van der Waals surface area (Å²) in [7, 11) is 0. The Balaban J connectivity index is 0.817. The minimum Gasteiger partial charge on any atom is -0.309 e. The number of hydrogen-bond acceptors (Lipinski definition) is 1. The summed E-state index contributed by atoms with van der Waals surface area (Å²) in [6, 6.07) is 104. The molecule has 17 rings (SSSR count). The maximum Gasteiger partial charge on any atom is 0.0547 e. The normalized spacial score (nSPS) is 12.1. The highest BCUT2D eigenvalue weighted by molar-refractivity contribution is 7.25. The Labute approximate surface area is 459 Å². The summed E-state index contributed by atoms with van der Waals surface area (Å²) in [5, 5.41) is 17.6. The topological polar surface area (TPSA) is 9.86 Å². The summed E-state index contributed by atoms with van der Waals surface area (Å²) in [6.45, 7) is 0. The highest BCUT2D eigenvalue weighted by Crippen LogP contribution is 2.49. The molecule has 0 fully saturated rings. The molecule has 0 aliphatic carbocycles. The van der Waals surface area contributed by atoms with Crippen LogP contribution in [-0.4, -0.2) is 9.13 Å². The van der Waals surface area contributed by atoms with Crippen molar-refractivity contribution < 1.29 is 0 Å². The van der Waals surface area contributed by atoms with Gasteiger partial charge in [-0.05, 0) is 154 Å². The van der Waals surface area contributed by atoms with E-state index >= 15 is 0 Å². The van der Waals surface area contributed by atoms with Crippen LogP contribution in [0.2, 0.25) is 0 Å². The van der Waals surface area contributed by atoms with Crippen LogP contribution < -0.4 is 0 Å². The molecule has 0 unspecified atom stereocenters. The molecule has 79 heavy (non-hydrogen) atoms. The molecule has 2 nitrogen and oxygen atoms in total. The molecule has 3 heterocycles. The molecule has 0 radical (unpaired) electrons. The van der Waals surface area contributed by atoms with Gasteiger partial charge in [-0.1, -0.05) is 212 Å². The molecule has 0 aliphatic rings. The van der Waals surface area contributed by atoms with Gasteiger partial charge in [-0.25, -0.2) is 0 Å². The van der Waals surface area contributed by atoms with Crippen molar-refractivity contribution in [2.24, 2.45) is 0 Å². The maximum atomic E-state index is 2.46. The Hall–Kier alpha value is -10.1. The fraction of sp³-hybridized carbons (Fsp3) is 0. The minimum absolute atomic E-state index is 1.16. The number of hydrogen-bond donors (Lipinski definition) is 0. The molecule has 0 atom stereocenters. The van der Waals surface area contributed by atoms with E-state index in [1.807, 2.05) is 11.3 Å². The highest BCUT2D eigenvalue weighted by Gasteiger charge is 2.23. The fourth-order valence-corrected chi connectivity index (χ4v) is 14.7. The lowest BCUT2D eigenvalue weighted by Gasteiger charge is -2.18. The molecule has 0 spiro atoms. The molecule has 366 valence electrons. The van der Waals surface area contributed by atoms with Gasteiger partial charge in [0.2, 0.25) is 0 Å². The SMILES string of the molecule is c1ccc(-n2c3ccccc3c3ccc(-c4c5ccccc5c(-c5ccc6c(c5)sc5ccc(-c7c8ccccc8c(-c8ccc9c%10ccccc%10n(-c%10ccccc%10)c9c8)c8ccccc78)cc56)c5ccccc45)cc32)cc1. The van der Waals surface area contributed by atoms with Crippen LogP contribution in [-0.2, 0) is 0 Å². The van der Waals surface area contributed by atoms with E-state index in [1.165, 1.54) is 151 Å². The van der Waals surface area contributed by atoms with Crippen LogP contribution in [0.5, 0.6) is 0 Å². The van der Waals surface area contributed by atoms with Gasteiger partial charge in [0.15, 0.2) is 0 Å². The Morgan fingerprint density at radius 3 is 0.899 bits per heavy atom. The van der Waals surface area contributed by atoms with Crippen molar-refractivity contribution in [3.8, 4) is 55.9 Å². The van der Waals surface area contributed by atoms with Gasteiger partial charge in [-0.3, -0.25) is 0 Å². The Bertz CT molecular complexity index is 5250. The lowest BCUT2D eigenvalue weighted by Crippen LogP contribution is -1.94. The predicted molar refractivity (Wildman–Crippen MR) is 340 cm³/mol. The van der Waals surface area contributed by atoms with Gasteiger partial charge in [0, 0.05) is 53.1 Å². The zero-order valence-electron chi connectivity index (χ0n) is 42.9. The van der Waals surface area contributed by atoms with Crippen molar-refractivity contribution in [3.05, 3.63) is 279 Å². The van der Waals surface area contributed by atoms with Crippen molar-refractivity contribution in [2.45, 2.75) is 0 Å². The summed E-state index contributed by atoms with van der Waals surface area (Å²) in [4.78, 5) is 0. The second-order valence-electron chi connectivity index (χ2n) is 21.0. The number of para-hydroxylation sites is 4. The van der Waals surface area contributed by atoms with Crippen LogP contribution >= 0.6 is 11.3 Å². The molecule has 14 aromatic carbocycles.